The molecular weight excluding hydrogens is 194 g/mol. The Balaban J connectivity index is 2.38. The van der Waals surface area contributed by atoms with Crippen molar-refractivity contribution < 1.29 is 9.62 Å². The van der Waals surface area contributed by atoms with Gasteiger partial charge < -0.3 is 20.7 Å². The number of amidine groups is 1. The Labute approximate surface area is 88.9 Å². The first-order valence-corrected chi connectivity index (χ1v) is 4.89. The van der Waals surface area contributed by atoms with Crippen LogP contribution in [-0.2, 0) is 0 Å². The minimum atomic E-state index is -0.00703. The summed E-state index contributed by atoms with van der Waals surface area (Å²) in [6.07, 6.45) is 1.64. The summed E-state index contributed by atoms with van der Waals surface area (Å²) in [4.78, 5) is 0. The van der Waals surface area contributed by atoms with Gasteiger partial charge in [0.05, 0.1) is 12.3 Å². The van der Waals surface area contributed by atoms with E-state index in [0.29, 0.717) is 6.54 Å². The van der Waals surface area contributed by atoms with Gasteiger partial charge in [-0.3, -0.25) is 0 Å². The zero-order valence-corrected chi connectivity index (χ0v) is 8.97. The first-order valence-electron chi connectivity index (χ1n) is 4.89. The van der Waals surface area contributed by atoms with Gasteiger partial charge in [0, 0.05) is 12.5 Å². The molecule has 0 bridgehead atoms. The number of nitrogens with two attached hydrogens (primary N) is 1. The van der Waals surface area contributed by atoms with E-state index in [4.69, 9.17) is 15.4 Å². The molecule has 5 nitrogen and oxygen atoms in total. The lowest BCUT2D eigenvalue weighted by atomic mass is 10.1. The highest BCUT2D eigenvalue weighted by atomic mass is 16.4. The molecule has 1 aromatic heterocycles. The first-order chi connectivity index (χ1) is 7.15. The Morgan fingerprint density at radius 2 is 2.40 bits per heavy atom. The number of hydrogen-bond donors (Lipinski definition) is 3. The molecule has 84 valence electrons. The topological polar surface area (TPSA) is 83.8 Å². The maximum Gasteiger partial charge on any atom is 0.143 e. The molecule has 2 atom stereocenters. The molecule has 0 radical (unpaired) electrons. The quantitative estimate of drug-likeness (QED) is 0.297. The van der Waals surface area contributed by atoms with E-state index >= 15 is 0 Å². The molecule has 5 heteroatoms. The Bertz CT molecular complexity index is 308. The molecule has 0 spiro atoms. The van der Waals surface area contributed by atoms with Gasteiger partial charge in [-0.2, -0.15) is 0 Å². The molecule has 1 rings (SSSR count). The number of oxime groups is 1. The summed E-state index contributed by atoms with van der Waals surface area (Å²) >= 11 is 0. The summed E-state index contributed by atoms with van der Waals surface area (Å²) in [6, 6.07) is 3.88. The van der Waals surface area contributed by atoms with E-state index in [2.05, 4.69) is 10.5 Å². The molecule has 0 aromatic carbocycles. The van der Waals surface area contributed by atoms with Crippen molar-refractivity contribution in [3.8, 4) is 0 Å². The minimum absolute atomic E-state index is 0.00703. The normalized spacial score (nSPS) is 16.3. The molecule has 0 aliphatic carbocycles. The largest absolute Gasteiger partial charge is 0.468 e. The van der Waals surface area contributed by atoms with Crippen molar-refractivity contribution in [2.45, 2.75) is 19.9 Å². The molecule has 4 N–H and O–H groups in total. The van der Waals surface area contributed by atoms with Crippen LogP contribution in [0.4, 0.5) is 0 Å². The molecule has 0 amide bonds. The summed E-state index contributed by atoms with van der Waals surface area (Å²) in [6.45, 7) is 4.52. The Morgan fingerprint density at radius 3 is 2.93 bits per heavy atom. The van der Waals surface area contributed by atoms with Gasteiger partial charge in [-0.05, 0) is 19.1 Å². The lowest BCUT2D eigenvalue weighted by Gasteiger charge is -2.15. The maximum absolute atomic E-state index is 8.47. The fourth-order valence-corrected chi connectivity index (χ4v) is 1.19. The summed E-state index contributed by atoms with van der Waals surface area (Å²) in [5.74, 6) is 1.10. The van der Waals surface area contributed by atoms with Crippen LogP contribution in [0, 0.1) is 5.92 Å². The molecule has 0 aliphatic rings. The molecule has 15 heavy (non-hydrogen) atoms. The first kappa shape index (κ1) is 11.6. The lowest BCUT2D eigenvalue weighted by molar-refractivity contribution is 0.313. The molecule has 0 fully saturated rings. The minimum Gasteiger partial charge on any atom is -0.468 e. The number of nitrogens with one attached hydrogen (secondary N) is 1. The third-order valence-electron chi connectivity index (χ3n) is 2.32. The molecule has 0 aliphatic heterocycles. The van der Waals surface area contributed by atoms with Crippen molar-refractivity contribution in [2.24, 2.45) is 16.8 Å². The highest BCUT2D eigenvalue weighted by molar-refractivity contribution is 5.82. The van der Waals surface area contributed by atoms with Gasteiger partial charge in [-0.15, -0.1) is 0 Å². The van der Waals surface area contributed by atoms with Crippen LogP contribution in [0.5, 0.6) is 0 Å². The number of furan rings is 1. The zero-order valence-electron chi connectivity index (χ0n) is 8.97. The fraction of sp³-hybridized carbons (Fsp3) is 0.500. The highest BCUT2D eigenvalue weighted by Gasteiger charge is 2.11. The molecule has 0 saturated carbocycles. The van der Waals surface area contributed by atoms with Crippen LogP contribution in [0.2, 0.25) is 0 Å². The highest BCUT2D eigenvalue weighted by Crippen LogP contribution is 2.12. The second-order valence-corrected chi connectivity index (χ2v) is 3.57. The molecule has 1 unspecified atom stereocenters. The van der Waals surface area contributed by atoms with Crippen LogP contribution in [0.3, 0.4) is 0 Å². The zero-order chi connectivity index (χ0) is 11.3. The number of hydrogen-bond acceptors (Lipinski definition) is 4. The third kappa shape index (κ3) is 3.28. The van der Waals surface area contributed by atoms with Gasteiger partial charge in [0.1, 0.15) is 11.6 Å². The summed E-state index contributed by atoms with van der Waals surface area (Å²) in [5.41, 5.74) is 5.46. The van der Waals surface area contributed by atoms with Gasteiger partial charge in [-0.25, -0.2) is 0 Å². The summed E-state index contributed by atoms with van der Waals surface area (Å²) in [7, 11) is 0. The second-order valence-electron chi connectivity index (χ2n) is 3.57. The van der Waals surface area contributed by atoms with E-state index in [1.165, 1.54) is 0 Å². The van der Waals surface area contributed by atoms with Crippen LogP contribution < -0.4 is 11.1 Å². The maximum atomic E-state index is 8.47. The monoisotopic (exact) mass is 211 g/mol. The number of rotatable bonds is 5. The standard InChI is InChI=1S/C10H17N3O2/c1-7(10(11)13-14)6-12-8(2)9-4-3-5-15-9/h3-5,7-8,12,14H,6H2,1-2H3,(H2,11,13)/t7?,8-/m1/s1. The van der Waals surface area contributed by atoms with E-state index in [-0.39, 0.29) is 17.8 Å². The van der Waals surface area contributed by atoms with Crippen LogP contribution in [-0.4, -0.2) is 17.6 Å². The molecule has 1 aromatic rings. The second kappa shape index (κ2) is 5.41. The van der Waals surface area contributed by atoms with Crippen molar-refractivity contribution in [3.05, 3.63) is 24.2 Å². The van der Waals surface area contributed by atoms with E-state index in [1.807, 2.05) is 26.0 Å². The molecule has 0 saturated heterocycles. The van der Waals surface area contributed by atoms with E-state index in [1.54, 1.807) is 6.26 Å². The summed E-state index contributed by atoms with van der Waals surface area (Å²) in [5, 5.41) is 14.7. The van der Waals surface area contributed by atoms with Crippen LogP contribution in [0.25, 0.3) is 0 Å². The average Bonchev–Trinajstić information content (AvgIpc) is 2.77. The van der Waals surface area contributed by atoms with E-state index in [0.717, 1.165) is 5.76 Å². The Morgan fingerprint density at radius 1 is 1.67 bits per heavy atom. The van der Waals surface area contributed by atoms with Crippen LogP contribution in [0.15, 0.2) is 28.0 Å². The predicted molar refractivity (Wildman–Crippen MR) is 57.7 cm³/mol. The summed E-state index contributed by atoms with van der Waals surface area (Å²) < 4.78 is 5.24. The SMILES string of the molecule is CC(CN[C@H](C)c1ccco1)/C(N)=N/O. The third-order valence-corrected chi connectivity index (χ3v) is 2.32. The van der Waals surface area contributed by atoms with Crippen molar-refractivity contribution in [1.29, 1.82) is 0 Å². The molecular formula is C10H17N3O2. The van der Waals surface area contributed by atoms with Crippen molar-refractivity contribution >= 4 is 5.84 Å². The van der Waals surface area contributed by atoms with Gasteiger partial charge in [0.2, 0.25) is 0 Å². The van der Waals surface area contributed by atoms with Crippen molar-refractivity contribution in [1.82, 2.24) is 5.32 Å². The van der Waals surface area contributed by atoms with Gasteiger partial charge in [0.15, 0.2) is 0 Å². The Kier molecular flexibility index (Phi) is 4.17. The number of nitrogens with zero attached hydrogens (tertiary/aromatic N) is 1. The molecule has 1 heterocycles. The lowest BCUT2D eigenvalue weighted by Crippen LogP contribution is -2.32. The Hall–Kier alpha value is -1.49. The predicted octanol–water partition coefficient (Wildman–Crippen LogP) is 1.31. The van der Waals surface area contributed by atoms with Gasteiger partial charge >= 0.3 is 0 Å². The smallest absolute Gasteiger partial charge is 0.143 e. The van der Waals surface area contributed by atoms with Crippen molar-refractivity contribution in [3.63, 3.8) is 0 Å². The van der Waals surface area contributed by atoms with Gasteiger partial charge in [-0.1, -0.05) is 12.1 Å². The fourth-order valence-electron chi connectivity index (χ4n) is 1.19. The van der Waals surface area contributed by atoms with Crippen molar-refractivity contribution in [2.75, 3.05) is 6.54 Å². The van der Waals surface area contributed by atoms with Gasteiger partial charge in [0.25, 0.3) is 0 Å². The van der Waals surface area contributed by atoms with E-state index < -0.39 is 0 Å². The van der Waals surface area contributed by atoms with Crippen LogP contribution >= 0.6 is 0 Å². The average molecular weight is 211 g/mol. The van der Waals surface area contributed by atoms with Crippen LogP contribution in [0.1, 0.15) is 25.6 Å². The van der Waals surface area contributed by atoms with E-state index in [9.17, 15) is 0 Å².